The van der Waals surface area contributed by atoms with Crippen molar-refractivity contribution in [2.24, 2.45) is 56.7 Å². The zero-order chi connectivity index (χ0) is 41.1. The van der Waals surface area contributed by atoms with Crippen LogP contribution in [0.3, 0.4) is 0 Å². The fourth-order valence-corrected chi connectivity index (χ4v) is 14.0. The molecule has 0 aromatic heterocycles. The fourth-order valence-electron chi connectivity index (χ4n) is 14.0. The molecule has 2 heterocycles. The summed E-state index contributed by atoms with van der Waals surface area (Å²) >= 11 is 0. The molecule has 4 saturated carbocycles. The maximum absolute atomic E-state index is 13.1. The zero-order valence-corrected chi connectivity index (χ0v) is 34.0. The third-order valence-electron chi connectivity index (χ3n) is 17.2. The van der Waals surface area contributed by atoms with E-state index >= 15 is 0 Å². The Balaban J connectivity index is 1.10. The van der Waals surface area contributed by atoms with Gasteiger partial charge >= 0.3 is 0 Å². The number of rotatable bonds is 8. The summed E-state index contributed by atoms with van der Waals surface area (Å²) < 4.78 is 23.6. The van der Waals surface area contributed by atoms with Gasteiger partial charge in [-0.3, -0.25) is 0 Å². The average Bonchev–Trinajstić information content (AvgIpc) is 3.47. The summed E-state index contributed by atoms with van der Waals surface area (Å²) in [6.45, 7) is 14.2. The minimum absolute atomic E-state index is 0.0409. The third kappa shape index (κ3) is 6.09. The average molecular weight is 797 g/mol. The van der Waals surface area contributed by atoms with E-state index in [0.29, 0.717) is 32.1 Å². The Morgan fingerprint density at radius 2 is 1.41 bits per heavy atom. The number of carbonyl (C=O) groups is 1. The van der Waals surface area contributed by atoms with Crippen LogP contribution in [0.1, 0.15) is 93.4 Å². The highest BCUT2D eigenvalue weighted by Crippen LogP contribution is 2.76. The lowest BCUT2D eigenvalue weighted by Crippen LogP contribution is -2.67. The molecule has 7 aliphatic rings. The Morgan fingerprint density at radius 1 is 0.786 bits per heavy atom. The van der Waals surface area contributed by atoms with Crippen LogP contribution in [0.25, 0.3) is 0 Å². The molecule has 0 unspecified atom stereocenters. The lowest BCUT2D eigenvalue weighted by atomic mass is 9.35. The number of carbonyl (C=O) groups excluding carboxylic acids is 1. The Morgan fingerprint density at radius 3 is 2.04 bits per heavy atom. The van der Waals surface area contributed by atoms with Crippen LogP contribution in [-0.4, -0.2) is 145 Å². The van der Waals surface area contributed by atoms with Gasteiger partial charge in [-0.25, -0.2) is 0 Å². The number of aliphatic hydroxyl groups is 9. The van der Waals surface area contributed by atoms with Crippen molar-refractivity contribution in [3.8, 4) is 0 Å². The minimum Gasteiger partial charge on any atom is -0.394 e. The van der Waals surface area contributed by atoms with E-state index in [0.717, 1.165) is 12.8 Å². The molecular formula is C42H68O14. The standard InChI is InChI=1S/C42H68O14/c1-19(2)21-14-23(46)35-41(7)11-8-20-28(40(41,6)12-13-42(21,35)18-44)22(45)15-26-38(3,4)27(9-10-39(20,26)5)56-37-34(52)32(50)30(48)25(55-37)17-53-36-33(51)31(49)29(47)24(16-43)54-36/h8,18-19,21-37,43,45-52H,9-17H2,1-7H3/t21-,22-,23+,24+,25+,26-,27-,28-,29+,30+,31-,32-,33+,34+,35+,36+,37-,39+,40-,41+,42+/m0/s1. The van der Waals surface area contributed by atoms with Gasteiger partial charge in [0.05, 0.1) is 31.5 Å². The van der Waals surface area contributed by atoms with Crippen molar-refractivity contribution >= 4 is 6.29 Å². The monoisotopic (exact) mass is 796 g/mol. The largest absolute Gasteiger partial charge is 0.394 e. The van der Waals surface area contributed by atoms with Gasteiger partial charge in [-0.15, -0.1) is 0 Å². The molecule has 2 aliphatic heterocycles. The summed E-state index contributed by atoms with van der Waals surface area (Å²) in [5.74, 6) is 0.00155. The van der Waals surface area contributed by atoms with E-state index in [9.17, 15) is 50.8 Å². The molecular weight excluding hydrogens is 728 g/mol. The molecule has 14 heteroatoms. The van der Waals surface area contributed by atoms with Crippen molar-refractivity contribution in [3.63, 3.8) is 0 Å². The number of aliphatic hydroxyl groups excluding tert-OH is 9. The highest BCUT2D eigenvalue weighted by atomic mass is 16.7. The minimum atomic E-state index is -1.68. The van der Waals surface area contributed by atoms with E-state index in [2.05, 4.69) is 54.5 Å². The van der Waals surface area contributed by atoms with Gasteiger partial charge in [0.15, 0.2) is 12.6 Å². The molecule has 21 atom stereocenters. The second kappa shape index (κ2) is 14.8. The van der Waals surface area contributed by atoms with Crippen molar-refractivity contribution in [2.75, 3.05) is 13.2 Å². The summed E-state index contributed by atoms with van der Waals surface area (Å²) in [5.41, 5.74) is -0.940. The van der Waals surface area contributed by atoms with E-state index < -0.39 is 109 Å². The van der Waals surface area contributed by atoms with Crippen molar-refractivity contribution in [2.45, 2.75) is 173 Å². The number of aldehydes is 1. The Hall–Kier alpha value is -1.11. The highest BCUT2D eigenvalue weighted by molar-refractivity contribution is 5.63. The van der Waals surface area contributed by atoms with Crippen molar-refractivity contribution < 1.29 is 69.7 Å². The molecule has 0 radical (unpaired) electrons. The SMILES string of the molecule is CC(C)[C@@H]1C[C@@H](O)[C@H]2[C@@]1(C=O)CC[C@@]1(C)[C@H]3C(=CC[C@]21C)[C@@]1(C)CC[C@H](O[C@@H]2O[C@H](CO[C@@H]4O[C@H](CO)[C@@H](O)[C@H](O)[C@H]4O)[C@@H](O)[C@H](O)[C@H]2O)C(C)(C)[C@@H]1C[C@@H]3O. The molecule has 0 aromatic rings. The van der Waals surface area contributed by atoms with Crippen molar-refractivity contribution in [1.82, 2.24) is 0 Å². The van der Waals surface area contributed by atoms with Gasteiger partial charge in [0, 0.05) is 17.3 Å². The number of hydrogen-bond acceptors (Lipinski definition) is 14. The molecule has 2 saturated heterocycles. The predicted octanol–water partition coefficient (Wildman–Crippen LogP) is 0.794. The van der Waals surface area contributed by atoms with Crippen molar-refractivity contribution in [1.29, 1.82) is 0 Å². The lowest BCUT2D eigenvalue weighted by molar-refractivity contribution is -0.343. The number of fused-ring (bicyclic) bond motifs is 7. The normalized spacial score (nSPS) is 55.4. The Kier molecular flexibility index (Phi) is 11.4. The number of hydrogen-bond donors (Lipinski definition) is 9. The summed E-state index contributed by atoms with van der Waals surface area (Å²) in [6.07, 6.45) is -8.72. The van der Waals surface area contributed by atoms with Crippen LogP contribution >= 0.6 is 0 Å². The summed E-state index contributed by atoms with van der Waals surface area (Å²) in [6, 6.07) is 0. The van der Waals surface area contributed by atoms with Crippen LogP contribution < -0.4 is 0 Å². The van der Waals surface area contributed by atoms with Gasteiger partial charge in [0.2, 0.25) is 0 Å². The molecule has 6 fully saturated rings. The molecule has 0 spiro atoms. The molecule has 0 aromatic carbocycles. The summed E-state index contributed by atoms with van der Waals surface area (Å²) in [5, 5.41) is 97.1. The first-order valence-corrected chi connectivity index (χ1v) is 20.9. The maximum Gasteiger partial charge on any atom is 0.186 e. The number of ether oxygens (including phenoxy) is 4. The van der Waals surface area contributed by atoms with E-state index in [-0.39, 0.29) is 40.4 Å². The topological polar surface area (TPSA) is 236 Å². The second-order valence-electron chi connectivity index (χ2n) is 20.3. The van der Waals surface area contributed by atoms with Crippen LogP contribution in [0.2, 0.25) is 0 Å². The first kappa shape index (κ1) is 43.0. The molecule has 320 valence electrons. The first-order valence-electron chi connectivity index (χ1n) is 20.9. The molecule has 9 N–H and O–H groups in total. The maximum atomic E-state index is 13.1. The van der Waals surface area contributed by atoms with Crippen LogP contribution in [0.4, 0.5) is 0 Å². The van der Waals surface area contributed by atoms with E-state index in [1.54, 1.807) is 0 Å². The molecule has 0 bridgehead atoms. The molecule has 7 rings (SSSR count). The van der Waals surface area contributed by atoms with Crippen LogP contribution in [0.15, 0.2) is 11.6 Å². The van der Waals surface area contributed by atoms with Gasteiger partial charge < -0.3 is 69.7 Å². The van der Waals surface area contributed by atoms with Crippen molar-refractivity contribution in [3.05, 3.63) is 11.6 Å². The van der Waals surface area contributed by atoms with Gasteiger partial charge in [-0.2, -0.15) is 0 Å². The fraction of sp³-hybridized carbons (Fsp3) is 0.929. The van der Waals surface area contributed by atoms with Gasteiger partial charge in [-0.1, -0.05) is 60.1 Å². The van der Waals surface area contributed by atoms with Gasteiger partial charge in [0.1, 0.15) is 55.1 Å². The number of allylic oxidation sites excluding steroid dienone is 1. The highest BCUT2D eigenvalue weighted by Gasteiger charge is 2.73. The second-order valence-corrected chi connectivity index (χ2v) is 20.3. The Labute approximate surface area is 330 Å². The molecule has 5 aliphatic carbocycles. The molecule has 14 nitrogen and oxygen atoms in total. The predicted molar refractivity (Wildman–Crippen MR) is 199 cm³/mol. The lowest BCUT2D eigenvalue weighted by Gasteiger charge is -2.70. The smallest absolute Gasteiger partial charge is 0.186 e. The quantitative estimate of drug-likeness (QED) is 0.0940. The summed E-state index contributed by atoms with van der Waals surface area (Å²) in [4.78, 5) is 13.1. The van der Waals surface area contributed by atoms with Crippen LogP contribution in [0, 0.1) is 56.7 Å². The molecule has 0 amide bonds. The Bertz CT molecular complexity index is 1490. The van der Waals surface area contributed by atoms with Gasteiger partial charge in [-0.05, 0) is 84.4 Å². The zero-order valence-electron chi connectivity index (χ0n) is 34.0. The van der Waals surface area contributed by atoms with Gasteiger partial charge in [0.25, 0.3) is 0 Å². The summed E-state index contributed by atoms with van der Waals surface area (Å²) in [7, 11) is 0. The third-order valence-corrected chi connectivity index (χ3v) is 17.2. The van der Waals surface area contributed by atoms with Crippen LogP contribution in [0.5, 0.6) is 0 Å². The molecule has 56 heavy (non-hydrogen) atoms. The van der Waals surface area contributed by atoms with E-state index in [1.807, 2.05) is 0 Å². The van der Waals surface area contributed by atoms with Crippen LogP contribution in [-0.2, 0) is 23.7 Å². The van der Waals surface area contributed by atoms with E-state index in [4.69, 9.17) is 18.9 Å². The van der Waals surface area contributed by atoms with E-state index in [1.165, 1.54) is 11.9 Å². The first-order chi connectivity index (χ1) is 26.1.